The first-order chi connectivity index (χ1) is 16.5. The van der Waals surface area contributed by atoms with Gasteiger partial charge in [-0.25, -0.2) is 0 Å². The van der Waals surface area contributed by atoms with Crippen LogP contribution in [0.5, 0.6) is 5.75 Å². The van der Waals surface area contributed by atoms with Gasteiger partial charge in [-0.05, 0) is 55.7 Å². The zero-order valence-electron chi connectivity index (χ0n) is 19.0. The standard InChI is InChI=1S/C27H30N2O5/c1-2-22-23(25(31)18-24(22)30)12-8-3-4-9-13-26(32)29-34-21-16-14-20(15-17-21)28-27(33)19-10-6-5-7-11-19/h2-3,5-8,10-11,14-17,22-24,30H,1,4,9,12-13,18H2,(H,28,33)(H,29,32)/b8-3-/t22-,23-,24-/m1/s1. The highest BCUT2D eigenvalue weighted by atomic mass is 16.7. The van der Waals surface area contributed by atoms with E-state index < -0.39 is 6.10 Å². The number of carbonyl (C=O) groups excluding carboxylic acids is 3. The second kappa shape index (κ2) is 12.5. The number of anilines is 1. The summed E-state index contributed by atoms with van der Waals surface area (Å²) in [6, 6.07) is 15.6. The summed E-state index contributed by atoms with van der Waals surface area (Å²) >= 11 is 0. The van der Waals surface area contributed by atoms with Crippen molar-refractivity contribution in [2.45, 2.75) is 38.2 Å². The average molecular weight is 463 g/mol. The number of ketones is 1. The van der Waals surface area contributed by atoms with Gasteiger partial charge in [0, 0.05) is 35.9 Å². The van der Waals surface area contributed by atoms with Gasteiger partial charge in [-0.2, -0.15) is 5.48 Å². The zero-order valence-corrected chi connectivity index (χ0v) is 19.0. The van der Waals surface area contributed by atoms with Gasteiger partial charge < -0.3 is 15.3 Å². The van der Waals surface area contributed by atoms with Crippen LogP contribution >= 0.6 is 0 Å². The first-order valence-corrected chi connectivity index (χ1v) is 11.4. The van der Waals surface area contributed by atoms with Crippen LogP contribution in [0.4, 0.5) is 5.69 Å². The Labute approximate surface area is 199 Å². The molecular formula is C27H30N2O5. The van der Waals surface area contributed by atoms with Gasteiger partial charge in [0.1, 0.15) is 5.78 Å². The van der Waals surface area contributed by atoms with Crippen LogP contribution in [0.15, 0.2) is 79.4 Å². The molecule has 178 valence electrons. The predicted octanol–water partition coefficient (Wildman–Crippen LogP) is 4.22. The van der Waals surface area contributed by atoms with E-state index in [0.717, 1.165) is 0 Å². The number of rotatable bonds is 11. The Morgan fingerprint density at radius 1 is 1.09 bits per heavy atom. The number of amides is 2. The molecule has 7 heteroatoms. The Hall–Kier alpha value is -3.71. The van der Waals surface area contributed by atoms with Crippen LogP contribution in [0.1, 0.15) is 42.5 Å². The third-order valence-corrected chi connectivity index (χ3v) is 5.77. The van der Waals surface area contributed by atoms with E-state index in [0.29, 0.717) is 42.7 Å². The normalized spacial score (nSPS) is 19.7. The summed E-state index contributed by atoms with van der Waals surface area (Å²) in [7, 11) is 0. The van der Waals surface area contributed by atoms with E-state index >= 15 is 0 Å². The lowest BCUT2D eigenvalue weighted by Gasteiger charge is -2.14. The molecule has 0 aromatic heterocycles. The topological polar surface area (TPSA) is 105 Å². The summed E-state index contributed by atoms with van der Waals surface area (Å²) in [4.78, 5) is 41.4. The molecule has 3 rings (SSSR count). The van der Waals surface area contributed by atoms with Crippen LogP contribution in [0, 0.1) is 11.8 Å². The molecule has 2 aromatic carbocycles. The van der Waals surface area contributed by atoms with Gasteiger partial charge in [0.05, 0.1) is 6.10 Å². The largest absolute Gasteiger partial charge is 0.392 e. The van der Waals surface area contributed by atoms with Gasteiger partial charge in [-0.15, -0.1) is 6.58 Å². The number of hydrogen-bond donors (Lipinski definition) is 3. The van der Waals surface area contributed by atoms with E-state index in [1.807, 2.05) is 18.2 Å². The SMILES string of the molecule is C=C[C@H]1[C@H](O)CC(=O)[C@@H]1C/C=C\CCCC(=O)NOc1ccc(NC(=O)c2ccccc2)cc1. The van der Waals surface area contributed by atoms with E-state index in [9.17, 15) is 19.5 Å². The quantitative estimate of drug-likeness (QED) is 0.264. The van der Waals surface area contributed by atoms with E-state index in [-0.39, 0.29) is 35.9 Å². The number of nitrogens with one attached hydrogen (secondary N) is 2. The highest BCUT2D eigenvalue weighted by Gasteiger charge is 2.38. The second-order valence-corrected chi connectivity index (χ2v) is 8.23. The Morgan fingerprint density at radius 3 is 2.53 bits per heavy atom. The van der Waals surface area contributed by atoms with Gasteiger partial charge in [-0.3, -0.25) is 14.4 Å². The maximum atomic E-state index is 12.2. The monoisotopic (exact) mass is 462 g/mol. The third-order valence-electron chi connectivity index (χ3n) is 5.77. The zero-order chi connectivity index (χ0) is 24.3. The summed E-state index contributed by atoms with van der Waals surface area (Å²) in [5, 5.41) is 12.7. The van der Waals surface area contributed by atoms with Gasteiger partial charge in [0.15, 0.2) is 5.75 Å². The molecule has 1 aliphatic rings. The first-order valence-electron chi connectivity index (χ1n) is 11.4. The smallest absolute Gasteiger partial charge is 0.255 e. The van der Waals surface area contributed by atoms with Crippen molar-refractivity contribution in [2.75, 3.05) is 5.32 Å². The van der Waals surface area contributed by atoms with Gasteiger partial charge in [-0.1, -0.05) is 36.4 Å². The Balaban J connectivity index is 1.32. The highest BCUT2D eigenvalue weighted by Crippen LogP contribution is 2.32. The fourth-order valence-electron chi connectivity index (χ4n) is 3.89. The molecule has 7 nitrogen and oxygen atoms in total. The molecule has 0 bridgehead atoms. The lowest BCUT2D eigenvalue weighted by molar-refractivity contribution is -0.127. The fraction of sp³-hybridized carbons (Fsp3) is 0.296. The molecule has 0 spiro atoms. The van der Waals surface area contributed by atoms with Crippen molar-refractivity contribution in [3.63, 3.8) is 0 Å². The molecule has 1 saturated carbocycles. The van der Waals surface area contributed by atoms with Crippen molar-refractivity contribution in [1.82, 2.24) is 5.48 Å². The summed E-state index contributed by atoms with van der Waals surface area (Å²) < 4.78 is 0. The number of aliphatic hydroxyl groups is 1. The molecule has 3 N–H and O–H groups in total. The molecule has 1 aliphatic carbocycles. The maximum Gasteiger partial charge on any atom is 0.255 e. The molecule has 0 radical (unpaired) electrons. The van der Waals surface area contributed by atoms with Crippen LogP contribution in [0.3, 0.4) is 0 Å². The van der Waals surface area contributed by atoms with Crippen molar-refractivity contribution in [3.05, 3.63) is 85.0 Å². The third kappa shape index (κ3) is 7.15. The first kappa shape index (κ1) is 24.9. The number of allylic oxidation sites excluding steroid dienone is 2. The molecule has 0 unspecified atom stereocenters. The lowest BCUT2D eigenvalue weighted by Crippen LogP contribution is -2.26. The highest BCUT2D eigenvalue weighted by molar-refractivity contribution is 6.04. The van der Waals surface area contributed by atoms with E-state index in [1.165, 1.54) is 0 Å². The molecular weight excluding hydrogens is 432 g/mol. The van der Waals surface area contributed by atoms with Gasteiger partial charge in [0.2, 0.25) is 0 Å². The molecule has 0 saturated heterocycles. The molecule has 3 atom stereocenters. The van der Waals surface area contributed by atoms with Crippen LogP contribution in [-0.4, -0.2) is 28.8 Å². The van der Waals surface area contributed by atoms with Crippen molar-refractivity contribution in [2.24, 2.45) is 11.8 Å². The number of Topliss-reactive ketones (excluding diaryl/α,β-unsaturated/α-hetero) is 1. The number of hydrogen-bond acceptors (Lipinski definition) is 5. The molecule has 2 amide bonds. The van der Waals surface area contributed by atoms with Gasteiger partial charge in [0.25, 0.3) is 11.8 Å². The minimum absolute atomic E-state index is 0.0742. The van der Waals surface area contributed by atoms with E-state index in [2.05, 4.69) is 17.4 Å². The average Bonchev–Trinajstić information content (AvgIpc) is 3.13. The summed E-state index contributed by atoms with van der Waals surface area (Å²) in [5.41, 5.74) is 3.60. The number of carbonyl (C=O) groups is 3. The second-order valence-electron chi connectivity index (χ2n) is 8.23. The van der Waals surface area contributed by atoms with Gasteiger partial charge >= 0.3 is 0 Å². The predicted molar refractivity (Wildman–Crippen MR) is 130 cm³/mol. The maximum absolute atomic E-state index is 12.2. The molecule has 0 heterocycles. The minimum atomic E-state index is -0.628. The summed E-state index contributed by atoms with van der Waals surface area (Å²) in [5.74, 6) is -0.315. The van der Waals surface area contributed by atoms with Crippen LogP contribution in [-0.2, 0) is 9.59 Å². The van der Waals surface area contributed by atoms with Crippen LogP contribution < -0.4 is 15.6 Å². The Kier molecular flexibility index (Phi) is 9.17. The molecule has 1 fully saturated rings. The number of unbranched alkanes of at least 4 members (excludes halogenated alkanes) is 1. The van der Waals surface area contributed by atoms with Crippen LogP contribution in [0.2, 0.25) is 0 Å². The molecule has 2 aromatic rings. The fourth-order valence-corrected chi connectivity index (χ4v) is 3.89. The molecule has 0 aliphatic heterocycles. The Bertz CT molecular complexity index is 1020. The van der Waals surface area contributed by atoms with Crippen molar-refractivity contribution in [1.29, 1.82) is 0 Å². The minimum Gasteiger partial charge on any atom is -0.392 e. The summed E-state index contributed by atoms with van der Waals surface area (Å²) in [6.07, 6.45) is 7.32. The Morgan fingerprint density at radius 2 is 1.82 bits per heavy atom. The number of hydroxylamine groups is 1. The number of aliphatic hydroxyl groups excluding tert-OH is 1. The van der Waals surface area contributed by atoms with Crippen molar-refractivity contribution < 1.29 is 24.3 Å². The van der Waals surface area contributed by atoms with E-state index in [4.69, 9.17) is 4.84 Å². The van der Waals surface area contributed by atoms with Crippen LogP contribution in [0.25, 0.3) is 0 Å². The summed E-state index contributed by atoms with van der Waals surface area (Å²) in [6.45, 7) is 3.71. The number of benzene rings is 2. The lowest BCUT2D eigenvalue weighted by atomic mass is 9.91. The van der Waals surface area contributed by atoms with Crippen molar-refractivity contribution >= 4 is 23.3 Å². The molecule has 34 heavy (non-hydrogen) atoms. The van der Waals surface area contributed by atoms with E-state index in [1.54, 1.807) is 54.6 Å². The van der Waals surface area contributed by atoms with Crippen molar-refractivity contribution in [3.8, 4) is 5.75 Å².